The third-order valence-corrected chi connectivity index (χ3v) is 6.34. The molecule has 1 spiro atoms. The molecular weight excluding hydrogens is 278 g/mol. The van der Waals surface area contributed by atoms with Crippen molar-refractivity contribution in [1.82, 2.24) is 0 Å². The van der Waals surface area contributed by atoms with Crippen LogP contribution in [0.5, 0.6) is 0 Å². The van der Waals surface area contributed by atoms with Crippen LogP contribution in [-0.2, 0) is 0 Å². The highest BCUT2D eigenvalue weighted by Gasteiger charge is 2.38. The molecule has 1 unspecified atom stereocenters. The van der Waals surface area contributed by atoms with Crippen LogP contribution in [0.2, 0.25) is 0 Å². The van der Waals surface area contributed by atoms with Crippen LogP contribution in [-0.4, -0.2) is 12.3 Å². The molecule has 1 nitrogen and oxygen atoms in total. The molecule has 2 fully saturated rings. The second-order valence-corrected chi connectivity index (χ2v) is 8.07. The maximum Gasteiger partial charge on any atom is 0.0423 e. The minimum absolute atomic E-state index is 0.698. The molecule has 0 aromatic carbocycles. The molecule has 0 aromatic rings. The molecule has 128 valence electrons. The lowest BCUT2D eigenvalue weighted by atomic mass is 9.61. The zero-order valence-electron chi connectivity index (χ0n) is 14.9. The first-order chi connectivity index (χ1) is 11.4. The molecule has 0 aromatic heterocycles. The molecule has 23 heavy (non-hydrogen) atoms. The number of nitrogens with zero attached hydrogens (tertiary/aromatic N) is 1. The van der Waals surface area contributed by atoms with Crippen LogP contribution in [0, 0.1) is 11.3 Å². The van der Waals surface area contributed by atoms with Gasteiger partial charge in [-0.05, 0) is 75.5 Å². The molecule has 3 aliphatic rings. The summed E-state index contributed by atoms with van der Waals surface area (Å²) in [6, 6.07) is 0. The summed E-state index contributed by atoms with van der Waals surface area (Å²) < 4.78 is 0. The Balaban J connectivity index is 1.66. The van der Waals surface area contributed by atoms with Gasteiger partial charge in [-0.25, -0.2) is 0 Å². The van der Waals surface area contributed by atoms with Crippen molar-refractivity contribution < 1.29 is 0 Å². The van der Waals surface area contributed by atoms with Gasteiger partial charge < -0.3 is 0 Å². The van der Waals surface area contributed by atoms with Gasteiger partial charge in [0, 0.05) is 12.3 Å². The van der Waals surface area contributed by atoms with Crippen LogP contribution >= 0.6 is 0 Å². The first-order valence-electron chi connectivity index (χ1n) is 10.2. The average molecular weight is 314 g/mol. The first-order valence-corrected chi connectivity index (χ1v) is 10.2. The van der Waals surface area contributed by atoms with Crippen molar-refractivity contribution in [3.63, 3.8) is 0 Å². The summed E-state index contributed by atoms with van der Waals surface area (Å²) in [5.74, 6) is 0.794. The Morgan fingerprint density at radius 2 is 1.48 bits per heavy atom. The molecule has 2 saturated carbocycles. The van der Waals surface area contributed by atoms with Crippen LogP contribution in [0.4, 0.5) is 0 Å². The van der Waals surface area contributed by atoms with E-state index in [0.717, 1.165) is 18.9 Å². The largest absolute Gasteiger partial charge is 0.294 e. The normalized spacial score (nSPS) is 31.0. The Labute approximate surface area is 143 Å². The van der Waals surface area contributed by atoms with E-state index in [2.05, 4.69) is 24.3 Å². The molecule has 0 amide bonds. The van der Waals surface area contributed by atoms with Gasteiger partial charge in [-0.1, -0.05) is 50.0 Å². The third-order valence-electron chi connectivity index (χ3n) is 6.34. The van der Waals surface area contributed by atoms with Gasteiger partial charge in [-0.3, -0.25) is 4.99 Å². The molecule has 0 N–H and O–H groups in total. The Hall–Kier alpha value is -0.850. The summed E-state index contributed by atoms with van der Waals surface area (Å²) >= 11 is 0. The topological polar surface area (TPSA) is 12.4 Å². The second kappa shape index (κ2) is 8.85. The fourth-order valence-electron chi connectivity index (χ4n) is 5.08. The molecule has 0 bridgehead atoms. The van der Waals surface area contributed by atoms with Gasteiger partial charge in [0.15, 0.2) is 0 Å². The fourth-order valence-corrected chi connectivity index (χ4v) is 5.08. The van der Waals surface area contributed by atoms with Crippen molar-refractivity contribution in [3.8, 4) is 0 Å². The quantitative estimate of drug-likeness (QED) is 0.481. The molecule has 0 radical (unpaired) electrons. The van der Waals surface area contributed by atoms with E-state index < -0.39 is 0 Å². The Morgan fingerprint density at radius 1 is 0.783 bits per heavy atom. The predicted molar refractivity (Wildman–Crippen MR) is 101 cm³/mol. The Kier molecular flexibility index (Phi) is 6.54. The van der Waals surface area contributed by atoms with Gasteiger partial charge in [-0.15, -0.1) is 0 Å². The van der Waals surface area contributed by atoms with Gasteiger partial charge in [0.25, 0.3) is 0 Å². The molecule has 1 heteroatoms. The second-order valence-electron chi connectivity index (χ2n) is 8.07. The minimum Gasteiger partial charge on any atom is -0.294 e. The standard InChI is InChI=1S/C22H35N/c1-2-4-6-11-18-23-21(14-8-5-3-1)20-13-12-17-22(19-20)15-9-7-10-16-22/h3-6,20H,1-2,7-19H2/b5-3+,6-4?,23-21?. The molecule has 1 heterocycles. The van der Waals surface area contributed by atoms with Crippen molar-refractivity contribution in [1.29, 1.82) is 0 Å². The highest BCUT2D eigenvalue weighted by Crippen LogP contribution is 2.49. The maximum absolute atomic E-state index is 5.09. The zero-order chi connectivity index (χ0) is 15.8. The number of allylic oxidation sites excluding steroid dienone is 3. The van der Waals surface area contributed by atoms with Crippen molar-refractivity contribution in [3.05, 3.63) is 24.3 Å². The molecule has 0 saturated heterocycles. The number of rotatable bonds is 1. The van der Waals surface area contributed by atoms with E-state index in [9.17, 15) is 0 Å². The summed E-state index contributed by atoms with van der Waals surface area (Å²) in [4.78, 5) is 5.09. The molecule has 1 aliphatic heterocycles. The number of hydrogen-bond donors (Lipinski definition) is 0. The van der Waals surface area contributed by atoms with Gasteiger partial charge >= 0.3 is 0 Å². The van der Waals surface area contributed by atoms with E-state index in [4.69, 9.17) is 4.99 Å². The summed E-state index contributed by atoms with van der Waals surface area (Å²) in [6.45, 7) is 1.01. The van der Waals surface area contributed by atoms with Crippen molar-refractivity contribution in [2.24, 2.45) is 16.3 Å². The van der Waals surface area contributed by atoms with Gasteiger partial charge in [0.05, 0.1) is 0 Å². The molecule has 1 atom stereocenters. The number of aliphatic imine (C=N–C) groups is 1. The van der Waals surface area contributed by atoms with E-state index in [0.29, 0.717) is 5.41 Å². The van der Waals surface area contributed by atoms with E-state index in [1.165, 1.54) is 83.5 Å². The van der Waals surface area contributed by atoms with Crippen molar-refractivity contribution >= 4 is 5.71 Å². The monoisotopic (exact) mass is 313 g/mol. The van der Waals surface area contributed by atoms with Crippen LogP contribution < -0.4 is 0 Å². The highest BCUT2D eigenvalue weighted by atomic mass is 14.7. The molecular formula is C22H35N. The molecule has 3 rings (SSSR count). The van der Waals surface area contributed by atoms with E-state index in [1.807, 2.05) is 0 Å². The maximum atomic E-state index is 5.09. The zero-order valence-corrected chi connectivity index (χ0v) is 14.9. The Morgan fingerprint density at radius 3 is 2.30 bits per heavy atom. The summed E-state index contributed by atoms with van der Waals surface area (Å²) in [5, 5.41) is 0. The third kappa shape index (κ3) is 5.06. The van der Waals surface area contributed by atoms with Gasteiger partial charge in [0.2, 0.25) is 0 Å². The van der Waals surface area contributed by atoms with Crippen molar-refractivity contribution in [2.45, 2.75) is 89.9 Å². The summed E-state index contributed by atoms with van der Waals surface area (Å²) in [7, 11) is 0. The predicted octanol–water partition coefficient (Wildman–Crippen LogP) is 6.64. The molecule has 2 aliphatic carbocycles. The van der Waals surface area contributed by atoms with E-state index in [1.54, 1.807) is 5.71 Å². The van der Waals surface area contributed by atoms with E-state index in [-0.39, 0.29) is 0 Å². The smallest absolute Gasteiger partial charge is 0.0423 e. The summed E-state index contributed by atoms with van der Waals surface area (Å²) in [6.07, 6.45) is 28.6. The van der Waals surface area contributed by atoms with Crippen LogP contribution in [0.15, 0.2) is 29.3 Å². The average Bonchev–Trinajstić information content (AvgIpc) is 2.56. The van der Waals surface area contributed by atoms with Gasteiger partial charge in [-0.2, -0.15) is 0 Å². The SMILES string of the molecule is C1=CCCN=C(C2CCCC3(CCCCC3)C2)CC/C=C/CC1. The minimum atomic E-state index is 0.698. The van der Waals surface area contributed by atoms with Crippen LogP contribution in [0.25, 0.3) is 0 Å². The number of hydrogen-bond acceptors (Lipinski definition) is 1. The lowest BCUT2D eigenvalue weighted by Crippen LogP contribution is -2.34. The fraction of sp³-hybridized carbons (Fsp3) is 0.773. The van der Waals surface area contributed by atoms with Crippen molar-refractivity contribution in [2.75, 3.05) is 6.54 Å². The highest BCUT2D eigenvalue weighted by molar-refractivity contribution is 5.87. The first kappa shape index (κ1) is 17.0. The lowest BCUT2D eigenvalue weighted by Gasteiger charge is -2.44. The van der Waals surface area contributed by atoms with Crippen LogP contribution in [0.3, 0.4) is 0 Å². The van der Waals surface area contributed by atoms with Gasteiger partial charge in [0.1, 0.15) is 0 Å². The van der Waals surface area contributed by atoms with Crippen LogP contribution in [0.1, 0.15) is 89.9 Å². The Bertz CT molecular complexity index is 431. The van der Waals surface area contributed by atoms with E-state index >= 15 is 0 Å². The lowest BCUT2D eigenvalue weighted by molar-refractivity contribution is 0.107. The summed E-state index contributed by atoms with van der Waals surface area (Å²) in [5.41, 5.74) is 2.26.